The zero-order valence-electron chi connectivity index (χ0n) is 13.1. The van der Waals surface area contributed by atoms with Crippen molar-refractivity contribution in [2.24, 2.45) is 5.92 Å². The maximum atomic E-state index is 12.0. The Morgan fingerprint density at radius 3 is 2.38 bits per heavy atom. The molecule has 0 fully saturated rings. The highest BCUT2D eigenvalue weighted by molar-refractivity contribution is 5.92. The number of carbonyl (C=O) groups excluding carboxylic acids is 1. The number of hydrogen-bond donors (Lipinski definition) is 2. The van der Waals surface area contributed by atoms with Crippen LogP contribution in [-0.2, 0) is 9.59 Å². The van der Waals surface area contributed by atoms with Crippen molar-refractivity contribution in [1.29, 1.82) is 0 Å². The van der Waals surface area contributed by atoms with Crippen LogP contribution >= 0.6 is 0 Å². The van der Waals surface area contributed by atoms with Crippen LogP contribution in [-0.4, -0.2) is 41.5 Å². The van der Waals surface area contributed by atoms with Gasteiger partial charge in [-0.3, -0.25) is 14.5 Å². The second kappa shape index (κ2) is 7.78. The number of carboxylic acid groups (broad SMARTS) is 1. The lowest BCUT2D eigenvalue weighted by molar-refractivity contribution is -0.138. The van der Waals surface area contributed by atoms with E-state index in [0.717, 1.165) is 11.3 Å². The summed E-state index contributed by atoms with van der Waals surface area (Å²) in [6.07, 6.45) is 0. The SMILES string of the molecule is Cc1ccc(NC(=O)CN(CC(=O)O)CC(C)C)cc1C. The largest absolute Gasteiger partial charge is 0.480 e. The molecule has 0 aliphatic carbocycles. The van der Waals surface area contributed by atoms with Crippen molar-refractivity contribution in [3.05, 3.63) is 29.3 Å². The van der Waals surface area contributed by atoms with Crippen LogP contribution in [0.5, 0.6) is 0 Å². The minimum atomic E-state index is -0.922. The monoisotopic (exact) mass is 292 g/mol. The van der Waals surface area contributed by atoms with Crippen LogP contribution in [0.25, 0.3) is 0 Å². The predicted molar refractivity (Wildman–Crippen MR) is 83.5 cm³/mol. The van der Waals surface area contributed by atoms with Crippen molar-refractivity contribution in [2.45, 2.75) is 27.7 Å². The smallest absolute Gasteiger partial charge is 0.317 e. The van der Waals surface area contributed by atoms with Gasteiger partial charge in [-0.2, -0.15) is 0 Å². The van der Waals surface area contributed by atoms with Gasteiger partial charge in [0.2, 0.25) is 5.91 Å². The van der Waals surface area contributed by atoms with E-state index in [2.05, 4.69) is 5.32 Å². The number of nitrogens with zero attached hydrogens (tertiary/aromatic N) is 1. The molecule has 116 valence electrons. The van der Waals surface area contributed by atoms with Gasteiger partial charge in [0, 0.05) is 12.2 Å². The minimum absolute atomic E-state index is 0.0808. The first-order valence-corrected chi connectivity index (χ1v) is 7.09. The fraction of sp³-hybridized carbons (Fsp3) is 0.500. The lowest BCUT2D eigenvalue weighted by Gasteiger charge is -2.21. The van der Waals surface area contributed by atoms with Crippen molar-refractivity contribution < 1.29 is 14.7 Å². The molecule has 5 nitrogen and oxygen atoms in total. The normalized spacial score (nSPS) is 11.0. The van der Waals surface area contributed by atoms with E-state index in [1.807, 2.05) is 45.9 Å². The number of hydrogen-bond acceptors (Lipinski definition) is 3. The Morgan fingerprint density at radius 2 is 1.86 bits per heavy atom. The molecule has 1 aromatic rings. The molecule has 0 aromatic heterocycles. The van der Waals surface area contributed by atoms with Crippen LogP contribution in [0.15, 0.2) is 18.2 Å². The van der Waals surface area contributed by atoms with E-state index in [4.69, 9.17) is 5.11 Å². The standard InChI is InChI=1S/C16H24N2O3/c1-11(2)8-18(10-16(20)21)9-15(19)17-14-6-5-12(3)13(4)7-14/h5-7,11H,8-10H2,1-4H3,(H,17,19)(H,20,21). The molecular weight excluding hydrogens is 268 g/mol. The Hall–Kier alpha value is -1.88. The van der Waals surface area contributed by atoms with Gasteiger partial charge in [-0.1, -0.05) is 19.9 Å². The number of carbonyl (C=O) groups is 2. The summed E-state index contributed by atoms with van der Waals surface area (Å²) >= 11 is 0. The molecule has 2 N–H and O–H groups in total. The van der Waals surface area contributed by atoms with E-state index in [9.17, 15) is 9.59 Å². The molecule has 0 atom stereocenters. The number of aliphatic carboxylic acids is 1. The molecule has 21 heavy (non-hydrogen) atoms. The Bertz CT molecular complexity index is 512. The second-order valence-electron chi connectivity index (χ2n) is 5.80. The fourth-order valence-corrected chi connectivity index (χ4v) is 2.12. The van der Waals surface area contributed by atoms with Gasteiger partial charge >= 0.3 is 5.97 Å². The van der Waals surface area contributed by atoms with E-state index in [0.29, 0.717) is 12.5 Å². The molecule has 1 amide bonds. The van der Waals surface area contributed by atoms with Crippen molar-refractivity contribution in [2.75, 3.05) is 25.0 Å². The molecule has 5 heteroatoms. The molecular formula is C16H24N2O3. The summed E-state index contributed by atoms with van der Waals surface area (Å²) in [5.74, 6) is -0.812. The lowest BCUT2D eigenvalue weighted by Crippen LogP contribution is -2.39. The zero-order valence-corrected chi connectivity index (χ0v) is 13.1. The van der Waals surface area contributed by atoms with Crippen LogP contribution < -0.4 is 5.32 Å². The summed E-state index contributed by atoms with van der Waals surface area (Å²) in [4.78, 5) is 24.5. The molecule has 0 radical (unpaired) electrons. The predicted octanol–water partition coefficient (Wildman–Crippen LogP) is 2.28. The highest BCUT2D eigenvalue weighted by atomic mass is 16.4. The number of carboxylic acids is 1. The molecule has 0 spiro atoms. The first-order chi connectivity index (χ1) is 9.77. The third-order valence-electron chi connectivity index (χ3n) is 3.14. The minimum Gasteiger partial charge on any atom is -0.480 e. The van der Waals surface area contributed by atoms with Gasteiger partial charge < -0.3 is 10.4 Å². The number of rotatable bonds is 7. The number of anilines is 1. The van der Waals surface area contributed by atoms with Crippen LogP contribution in [0.1, 0.15) is 25.0 Å². The molecule has 0 aliphatic rings. The van der Waals surface area contributed by atoms with Crippen LogP contribution in [0.3, 0.4) is 0 Å². The summed E-state index contributed by atoms with van der Waals surface area (Å²) in [6.45, 7) is 8.52. The topological polar surface area (TPSA) is 69.6 Å². The van der Waals surface area contributed by atoms with Gasteiger partial charge in [-0.05, 0) is 43.0 Å². The Labute approximate surface area is 126 Å². The first kappa shape index (κ1) is 17.2. The van der Waals surface area contributed by atoms with E-state index in [-0.39, 0.29) is 19.0 Å². The third-order valence-corrected chi connectivity index (χ3v) is 3.14. The average Bonchev–Trinajstić information content (AvgIpc) is 2.31. The number of nitrogens with one attached hydrogen (secondary N) is 1. The summed E-state index contributed by atoms with van der Waals surface area (Å²) in [5, 5.41) is 11.7. The summed E-state index contributed by atoms with van der Waals surface area (Å²) in [5.41, 5.74) is 3.01. The molecule has 0 saturated carbocycles. The highest BCUT2D eigenvalue weighted by Crippen LogP contribution is 2.14. The Balaban J connectivity index is 2.64. The van der Waals surface area contributed by atoms with Gasteiger partial charge in [-0.15, -0.1) is 0 Å². The Kier molecular flexibility index (Phi) is 6.37. The highest BCUT2D eigenvalue weighted by Gasteiger charge is 2.15. The number of benzene rings is 1. The van der Waals surface area contributed by atoms with Gasteiger partial charge in [0.25, 0.3) is 0 Å². The van der Waals surface area contributed by atoms with Crippen molar-refractivity contribution in [3.63, 3.8) is 0 Å². The van der Waals surface area contributed by atoms with Gasteiger partial charge in [0.15, 0.2) is 0 Å². The van der Waals surface area contributed by atoms with Crippen LogP contribution in [0, 0.1) is 19.8 Å². The quantitative estimate of drug-likeness (QED) is 0.809. The van der Waals surface area contributed by atoms with Crippen molar-refractivity contribution >= 4 is 17.6 Å². The van der Waals surface area contributed by atoms with Crippen LogP contribution in [0.4, 0.5) is 5.69 Å². The maximum absolute atomic E-state index is 12.0. The van der Waals surface area contributed by atoms with E-state index in [1.165, 1.54) is 5.56 Å². The molecule has 0 unspecified atom stereocenters. The lowest BCUT2D eigenvalue weighted by atomic mass is 10.1. The fourth-order valence-electron chi connectivity index (χ4n) is 2.12. The zero-order chi connectivity index (χ0) is 16.0. The van der Waals surface area contributed by atoms with E-state index in [1.54, 1.807) is 4.90 Å². The molecule has 0 aliphatic heterocycles. The number of amides is 1. The van der Waals surface area contributed by atoms with Crippen molar-refractivity contribution in [3.8, 4) is 0 Å². The van der Waals surface area contributed by atoms with Crippen LogP contribution in [0.2, 0.25) is 0 Å². The van der Waals surface area contributed by atoms with Gasteiger partial charge in [0.1, 0.15) is 0 Å². The molecule has 1 rings (SSSR count). The summed E-state index contributed by atoms with van der Waals surface area (Å²) < 4.78 is 0. The van der Waals surface area contributed by atoms with E-state index >= 15 is 0 Å². The average molecular weight is 292 g/mol. The van der Waals surface area contributed by atoms with Crippen molar-refractivity contribution in [1.82, 2.24) is 4.90 Å². The Morgan fingerprint density at radius 1 is 1.19 bits per heavy atom. The second-order valence-corrected chi connectivity index (χ2v) is 5.80. The van der Waals surface area contributed by atoms with E-state index < -0.39 is 5.97 Å². The molecule has 0 heterocycles. The summed E-state index contributed by atoms with van der Waals surface area (Å²) in [7, 11) is 0. The molecule has 0 bridgehead atoms. The van der Waals surface area contributed by atoms with Gasteiger partial charge in [-0.25, -0.2) is 0 Å². The molecule has 1 aromatic carbocycles. The van der Waals surface area contributed by atoms with Gasteiger partial charge in [0.05, 0.1) is 13.1 Å². The summed E-state index contributed by atoms with van der Waals surface area (Å²) in [6, 6.07) is 5.72. The first-order valence-electron chi connectivity index (χ1n) is 7.09. The maximum Gasteiger partial charge on any atom is 0.317 e. The third kappa shape index (κ3) is 6.40. The molecule has 0 saturated heterocycles. The number of aryl methyl sites for hydroxylation is 2.